The van der Waals surface area contributed by atoms with Crippen molar-refractivity contribution in [2.24, 2.45) is 11.3 Å². The molecule has 1 heterocycles. The van der Waals surface area contributed by atoms with E-state index in [-0.39, 0.29) is 17.7 Å². The minimum absolute atomic E-state index is 0.0362. The van der Waals surface area contributed by atoms with Crippen LogP contribution in [-0.2, 0) is 14.4 Å². The molecule has 2 amide bonds. The molecule has 1 aliphatic carbocycles. The fraction of sp³-hybridized carbons (Fsp3) is 0.812. The molecule has 1 N–H and O–H groups in total. The van der Waals surface area contributed by atoms with Crippen molar-refractivity contribution < 1.29 is 19.5 Å². The number of carbonyl (C=O) groups is 3. The van der Waals surface area contributed by atoms with Crippen molar-refractivity contribution in [1.29, 1.82) is 0 Å². The molecule has 124 valence electrons. The van der Waals surface area contributed by atoms with Gasteiger partial charge < -0.3 is 14.9 Å². The second-order valence-corrected chi connectivity index (χ2v) is 6.57. The van der Waals surface area contributed by atoms with E-state index in [1.54, 1.807) is 9.80 Å². The van der Waals surface area contributed by atoms with Gasteiger partial charge >= 0.3 is 5.97 Å². The summed E-state index contributed by atoms with van der Waals surface area (Å²) in [6, 6.07) is 0. The highest BCUT2D eigenvalue weighted by atomic mass is 16.4. The number of hydrogen-bond donors (Lipinski definition) is 1. The van der Waals surface area contributed by atoms with Crippen molar-refractivity contribution in [3.63, 3.8) is 0 Å². The van der Waals surface area contributed by atoms with Crippen molar-refractivity contribution in [3.8, 4) is 0 Å². The quantitative estimate of drug-likeness (QED) is 0.751. The Morgan fingerprint density at radius 1 is 1.23 bits per heavy atom. The number of carboxylic acids is 1. The molecule has 0 bridgehead atoms. The van der Waals surface area contributed by atoms with E-state index in [1.807, 2.05) is 7.05 Å². The fourth-order valence-electron chi connectivity index (χ4n) is 3.09. The van der Waals surface area contributed by atoms with E-state index >= 15 is 0 Å². The maximum absolute atomic E-state index is 12.3. The maximum Gasteiger partial charge on any atom is 0.319 e. The highest BCUT2D eigenvalue weighted by Crippen LogP contribution is 2.47. The van der Waals surface area contributed by atoms with Crippen molar-refractivity contribution in [2.45, 2.75) is 45.4 Å². The molecule has 6 heteroatoms. The predicted molar refractivity (Wildman–Crippen MR) is 81.2 cm³/mol. The third-order valence-electron chi connectivity index (χ3n) is 4.92. The van der Waals surface area contributed by atoms with Crippen LogP contribution in [0.15, 0.2) is 0 Å². The van der Waals surface area contributed by atoms with Crippen LogP contribution >= 0.6 is 0 Å². The summed E-state index contributed by atoms with van der Waals surface area (Å²) in [6.07, 6.45) is 4.22. The van der Waals surface area contributed by atoms with E-state index in [2.05, 4.69) is 6.92 Å². The molecule has 0 unspecified atom stereocenters. The molecular weight excluding hydrogens is 284 g/mol. The first-order valence-electron chi connectivity index (χ1n) is 8.20. The SMILES string of the molecule is CCCCN(C)C(=O)C1CCN(C(=O)C2(C(=O)O)CC2)CC1. The number of piperidine rings is 1. The van der Waals surface area contributed by atoms with Crippen LogP contribution in [0.1, 0.15) is 45.4 Å². The van der Waals surface area contributed by atoms with E-state index < -0.39 is 11.4 Å². The van der Waals surface area contributed by atoms with Gasteiger partial charge in [0.25, 0.3) is 0 Å². The number of nitrogens with zero attached hydrogens (tertiary/aromatic N) is 2. The van der Waals surface area contributed by atoms with E-state index in [9.17, 15) is 19.5 Å². The van der Waals surface area contributed by atoms with Gasteiger partial charge in [0, 0.05) is 32.6 Å². The van der Waals surface area contributed by atoms with Crippen molar-refractivity contribution in [1.82, 2.24) is 9.80 Å². The topological polar surface area (TPSA) is 77.9 Å². The standard InChI is InChI=1S/C16H26N2O4/c1-3-4-9-17(2)13(19)12-5-10-18(11-6-12)14(20)16(7-8-16)15(21)22/h12H,3-11H2,1-2H3,(H,21,22). The summed E-state index contributed by atoms with van der Waals surface area (Å²) in [4.78, 5) is 39.3. The van der Waals surface area contributed by atoms with Crippen LogP contribution in [0.25, 0.3) is 0 Å². The lowest BCUT2D eigenvalue weighted by Crippen LogP contribution is -2.47. The van der Waals surface area contributed by atoms with Gasteiger partial charge in [0.15, 0.2) is 0 Å². The van der Waals surface area contributed by atoms with Gasteiger partial charge in [-0.2, -0.15) is 0 Å². The highest BCUT2D eigenvalue weighted by Gasteiger charge is 2.58. The van der Waals surface area contributed by atoms with Crippen LogP contribution < -0.4 is 0 Å². The second kappa shape index (κ2) is 6.67. The lowest BCUT2D eigenvalue weighted by molar-refractivity contribution is -0.155. The second-order valence-electron chi connectivity index (χ2n) is 6.57. The average molecular weight is 310 g/mol. The van der Waals surface area contributed by atoms with E-state index in [0.29, 0.717) is 38.8 Å². The highest BCUT2D eigenvalue weighted by molar-refractivity contribution is 6.04. The third kappa shape index (κ3) is 3.25. The van der Waals surface area contributed by atoms with Gasteiger partial charge in [0.1, 0.15) is 5.41 Å². The molecule has 1 aliphatic heterocycles. The molecule has 0 aromatic rings. The number of amides is 2. The molecule has 0 aromatic heterocycles. The zero-order chi connectivity index (χ0) is 16.3. The van der Waals surface area contributed by atoms with Crippen LogP contribution in [0.2, 0.25) is 0 Å². The smallest absolute Gasteiger partial charge is 0.319 e. The Hall–Kier alpha value is -1.59. The average Bonchev–Trinajstić information content (AvgIpc) is 3.33. The Kier molecular flexibility index (Phi) is 5.08. The van der Waals surface area contributed by atoms with Crippen LogP contribution in [0, 0.1) is 11.3 Å². The Balaban J connectivity index is 1.84. The Morgan fingerprint density at radius 3 is 2.27 bits per heavy atom. The number of likely N-dealkylation sites (tertiary alicyclic amines) is 1. The number of carboxylic acid groups (broad SMARTS) is 1. The Morgan fingerprint density at radius 2 is 1.82 bits per heavy atom. The number of hydrogen-bond acceptors (Lipinski definition) is 3. The molecule has 1 saturated carbocycles. The molecular formula is C16H26N2O4. The first-order valence-corrected chi connectivity index (χ1v) is 8.20. The van der Waals surface area contributed by atoms with Gasteiger partial charge in [-0.3, -0.25) is 14.4 Å². The van der Waals surface area contributed by atoms with Gasteiger partial charge in [-0.15, -0.1) is 0 Å². The first kappa shape index (κ1) is 16.8. The zero-order valence-corrected chi connectivity index (χ0v) is 13.5. The Bertz CT molecular complexity index is 451. The lowest BCUT2D eigenvalue weighted by Gasteiger charge is -2.34. The largest absolute Gasteiger partial charge is 0.480 e. The van der Waals surface area contributed by atoms with Crippen LogP contribution in [0.4, 0.5) is 0 Å². The van der Waals surface area contributed by atoms with Crippen molar-refractivity contribution in [3.05, 3.63) is 0 Å². The molecule has 0 radical (unpaired) electrons. The summed E-state index contributed by atoms with van der Waals surface area (Å²) >= 11 is 0. The van der Waals surface area contributed by atoms with Gasteiger partial charge in [-0.25, -0.2) is 0 Å². The normalized spacial score (nSPS) is 20.5. The first-order chi connectivity index (χ1) is 10.4. The molecule has 2 fully saturated rings. The van der Waals surface area contributed by atoms with Crippen LogP contribution in [0.3, 0.4) is 0 Å². The monoisotopic (exact) mass is 310 g/mol. The number of carbonyl (C=O) groups excluding carboxylic acids is 2. The van der Waals surface area contributed by atoms with Crippen molar-refractivity contribution >= 4 is 17.8 Å². The molecule has 0 aromatic carbocycles. The lowest BCUT2D eigenvalue weighted by atomic mass is 9.93. The maximum atomic E-state index is 12.3. The van der Waals surface area contributed by atoms with Gasteiger partial charge in [-0.1, -0.05) is 13.3 Å². The third-order valence-corrected chi connectivity index (χ3v) is 4.92. The van der Waals surface area contributed by atoms with Crippen LogP contribution in [-0.4, -0.2) is 59.4 Å². The summed E-state index contributed by atoms with van der Waals surface area (Å²) in [5.74, 6) is -1.15. The molecule has 22 heavy (non-hydrogen) atoms. The van der Waals surface area contributed by atoms with Gasteiger partial charge in [-0.05, 0) is 32.1 Å². The minimum Gasteiger partial charge on any atom is -0.480 e. The van der Waals surface area contributed by atoms with E-state index in [4.69, 9.17) is 0 Å². The molecule has 0 atom stereocenters. The summed E-state index contributed by atoms with van der Waals surface area (Å²) in [5, 5.41) is 9.19. The summed E-state index contributed by atoms with van der Waals surface area (Å²) < 4.78 is 0. The summed E-state index contributed by atoms with van der Waals surface area (Å²) in [5.41, 5.74) is -1.16. The summed E-state index contributed by atoms with van der Waals surface area (Å²) in [6.45, 7) is 3.85. The molecule has 2 rings (SSSR count). The zero-order valence-electron chi connectivity index (χ0n) is 13.5. The Labute approximate surface area is 131 Å². The molecule has 0 spiro atoms. The number of rotatable bonds is 6. The van der Waals surface area contributed by atoms with Crippen LogP contribution in [0.5, 0.6) is 0 Å². The van der Waals surface area contributed by atoms with Crippen molar-refractivity contribution in [2.75, 3.05) is 26.7 Å². The van der Waals surface area contributed by atoms with Gasteiger partial charge in [0.2, 0.25) is 11.8 Å². The molecule has 1 saturated heterocycles. The predicted octanol–water partition coefficient (Wildman–Crippen LogP) is 1.35. The van der Waals surface area contributed by atoms with Gasteiger partial charge in [0.05, 0.1) is 0 Å². The fourth-order valence-corrected chi connectivity index (χ4v) is 3.09. The summed E-state index contributed by atoms with van der Waals surface area (Å²) in [7, 11) is 1.83. The number of unbranched alkanes of at least 4 members (excludes halogenated alkanes) is 1. The van der Waals surface area contributed by atoms with E-state index in [1.165, 1.54) is 0 Å². The van der Waals surface area contributed by atoms with E-state index in [0.717, 1.165) is 19.4 Å². The number of aliphatic carboxylic acids is 1. The minimum atomic E-state index is -1.16. The molecule has 2 aliphatic rings. The molecule has 6 nitrogen and oxygen atoms in total.